The summed E-state index contributed by atoms with van der Waals surface area (Å²) in [5.41, 5.74) is 0.419. The van der Waals surface area contributed by atoms with Crippen molar-refractivity contribution in [2.45, 2.75) is 32.4 Å². The predicted molar refractivity (Wildman–Crippen MR) is 101 cm³/mol. The summed E-state index contributed by atoms with van der Waals surface area (Å²) in [6, 6.07) is 7.16. The second-order valence-electron chi connectivity index (χ2n) is 7.28. The van der Waals surface area contributed by atoms with Crippen LogP contribution in [-0.2, 0) is 11.5 Å². The number of benzene rings is 1. The van der Waals surface area contributed by atoms with E-state index in [1.54, 1.807) is 18.2 Å². The first-order valence-corrected chi connectivity index (χ1v) is 12.0. The molecule has 3 rings (SSSR count). The number of H-pyrrole nitrogens is 1. The molecule has 2 heterocycles. The van der Waals surface area contributed by atoms with Gasteiger partial charge in [0.2, 0.25) is 0 Å². The van der Waals surface area contributed by atoms with Crippen LogP contribution in [0.4, 0.5) is 0 Å². The number of oxazole rings is 1. The molecule has 0 bridgehead atoms. The molecule has 0 aliphatic heterocycles. The number of nitrogens with one attached hydrogen (secondary N) is 1. The number of nitrogens with zero attached hydrogens (tertiary/aromatic N) is 2. The van der Waals surface area contributed by atoms with Gasteiger partial charge in [0.1, 0.15) is 6.73 Å². The van der Waals surface area contributed by atoms with Crippen LogP contribution in [0.2, 0.25) is 25.7 Å². The van der Waals surface area contributed by atoms with Crippen molar-refractivity contribution in [1.29, 1.82) is 0 Å². The molecule has 0 aliphatic carbocycles. The van der Waals surface area contributed by atoms with Gasteiger partial charge in [-0.1, -0.05) is 19.6 Å². The normalized spacial score (nSPS) is 12.0. The van der Waals surface area contributed by atoms with Crippen LogP contribution < -0.4 is 17.0 Å². The van der Waals surface area contributed by atoms with Crippen molar-refractivity contribution in [2.24, 2.45) is 0 Å². The molecule has 0 radical (unpaired) electrons. The van der Waals surface area contributed by atoms with Gasteiger partial charge in [0.25, 0.3) is 5.56 Å². The van der Waals surface area contributed by atoms with Crippen LogP contribution in [0.1, 0.15) is 0 Å². The molecule has 0 atom stereocenters. The highest BCUT2D eigenvalue weighted by Crippen LogP contribution is 2.17. The zero-order valence-electron chi connectivity index (χ0n) is 14.9. The Balaban J connectivity index is 1.92. The van der Waals surface area contributed by atoms with E-state index >= 15 is 0 Å². The SMILES string of the molecule is C[Si](C)(C)CCOCn1c(=O)oc2ccc(-n3ccc(=O)[nH]c3=O)cc21. The van der Waals surface area contributed by atoms with Gasteiger partial charge in [-0.05, 0) is 24.2 Å². The van der Waals surface area contributed by atoms with E-state index in [0.717, 1.165) is 6.04 Å². The predicted octanol–water partition coefficient (Wildman–Crippen LogP) is 1.75. The summed E-state index contributed by atoms with van der Waals surface area (Å²) < 4.78 is 13.6. The molecule has 8 nitrogen and oxygen atoms in total. The van der Waals surface area contributed by atoms with E-state index < -0.39 is 25.1 Å². The first-order chi connectivity index (χ1) is 12.2. The summed E-state index contributed by atoms with van der Waals surface area (Å²) >= 11 is 0. The molecule has 26 heavy (non-hydrogen) atoms. The smallest absolute Gasteiger partial charge is 0.408 e. The molecular weight excluding hydrogens is 354 g/mol. The minimum atomic E-state index is -1.21. The van der Waals surface area contributed by atoms with E-state index in [0.29, 0.717) is 23.4 Å². The van der Waals surface area contributed by atoms with Crippen molar-refractivity contribution in [3.8, 4) is 5.69 Å². The lowest BCUT2D eigenvalue weighted by Crippen LogP contribution is -2.27. The molecule has 1 N–H and O–H groups in total. The Morgan fingerprint density at radius 3 is 2.62 bits per heavy atom. The van der Waals surface area contributed by atoms with Crippen molar-refractivity contribution in [3.63, 3.8) is 0 Å². The highest BCUT2D eigenvalue weighted by molar-refractivity contribution is 6.76. The van der Waals surface area contributed by atoms with Crippen molar-refractivity contribution in [3.05, 3.63) is 61.9 Å². The molecule has 3 aromatic rings. The Morgan fingerprint density at radius 1 is 1.15 bits per heavy atom. The molecule has 0 spiro atoms. The monoisotopic (exact) mass is 375 g/mol. The second kappa shape index (κ2) is 6.93. The van der Waals surface area contributed by atoms with Gasteiger partial charge in [-0.15, -0.1) is 0 Å². The van der Waals surface area contributed by atoms with Gasteiger partial charge < -0.3 is 9.15 Å². The molecular formula is C17H21N3O5Si. The van der Waals surface area contributed by atoms with Crippen LogP contribution in [0.3, 0.4) is 0 Å². The molecule has 0 saturated heterocycles. The lowest BCUT2D eigenvalue weighted by molar-refractivity contribution is 0.0850. The Bertz CT molecular complexity index is 1100. The highest BCUT2D eigenvalue weighted by atomic mass is 28.3. The maximum Gasteiger partial charge on any atom is 0.421 e. The second-order valence-corrected chi connectivity index (χ2v) is 12.9. The van der Waals surface area contributed by atoms with Gasteiger partial charge in [-0.25, -0.2) is 14.2 Å². The van der Waals surface area contributed by atoms with E-state index in [4.69, 9.17) is 9.15 Å². The zero-order chi connectivity index (χ0) is 18.9. The molecule has 138 valence electrons. The largest absolute Gasteiger partial charge is 0.421 e. The molecule has 1 aromatic carbocycles. The molecule has 0 unspecified atom stereocenters. The summed E-state index contributed by atoms with van der Waals surface area (Å²) in [7, 11) is -1.21. The fourth-order valence-electron chi connectivity index (χ4n) is 2.48. The lowest BCUT2D eigenvalue weighted by atomic mass is 10.3. The maximum atomic E-state index is 12.1. The number of aromatic amines is 1. The van der Waals surface area contributed by atoms with Crippen LogP contribution in [0.15, 0.2) is 49.3 Å². The van der Waals surface area contributed by atoms with Crippen molar-refractivity contribution < 1.29 is 9.15 Å². The van der Waals surface area contributed by atoms with Gasteiger partial charge >= 0.3 is 11.4 Å². The molecule has 2 aromatic heterocycles. The van der Waals surface area contributed by atoms with Crippen molar-refractivity contribution in [2.75, 3.05) is 6.61 Å². The van der Waals surface area contributed by atoms with E-state index in [1.807, 2.05) is 0 Å². The van der Waals surface area contributed by atoms with Crippen LogP contribution in [0, 0.1) is 0 Å². The average molecular weight is 375 g/mol. The fourth-order valence-corrected chi connectivity index (χ4v) is 3.23. The molecule has 0 saturated carbocycles. The first-order valence-electron chi connectivity index (χ1n) is 8.28. The Morgan fingerprint density at radius 2 is 1.92 bits per heavy atom. The minimum Gasteiger partial charge on any atom is -0.408 e. The summed E-state index contributed by atoms with van der Waals surface area (Å²) in [4.78, 5) is 37.5. The van der Waals surface area contributed by atoms with Crippen LogP contribution in [-0.4, -0.2) is 28.8 Å². The number of aromatic nitrogens is 3. The quantitative estimate of drug-likeness (QED) is 0.523. The topological polar surface area (TPSA) is 99.2 Å². The fraction of sp³-hybridized carbons (Fsp3) is 0.353. The van der Waals surface area contributed by atoms with Gasteiger partial charge in [-0.2, -0.15) is 0 Å². The average Bonchev–Trinajstić information content (AvgIpc) is 2.85. The Labute approximate surface area is 149 Å². The molecule has 0 fully saturated rings. The van der Waals surface area contributed by atoms with Gasteiger partial charge in [0.15, 0.2) is 5.58 Å². The third kappa shape index (κ3) is 3.94. The lowest BCUT2D eigenvalue weighted by Gasteiger charge is -2.15. The van der Waals surface area contributed by atoms with Crippen molar-refractivity contribution in [1.82, 2.24) is 14.1 Å². The Kier molecular flexibility index (Phi) is 4.83. The van der Waals surface area contributed by atoms with Gasteiger partial charge in [-0.3, -0.25) is 14.3 Å². The maximum absolute atomic E-state index is 12.1. The van der Waals surface area contributed by atoms with Crippen LogP contribution in [0.25, 0.3) is 16.8 Å². The van der Waals surface area contributed by atoms with E-state index in [1.165, 1.54) is 21.4 Å². The Hall–Kier alpha value is -2.65. The van der Waals surface area contributed by atoms with Gasteiger partial charge in [0.05, 0.1) is 11.2 Å². The summed E-state index contributed by atoms with van der Waals surface area (Å²) in [5, 5.41) is 0. The van der Waals surface area contributed by atoms with E-state index in [2.05, 4.69) is 24.6 Å². The summed E-state index contributed by atoms with van der Waals surface area (Å²) in [6.07, 6.45) is 1.38. The zero-order valence-corrected chi connectivity index (χ0v) is 15.9. The van der Waals surface area contributed by atoms with Gasteiger partial charge in [0, 0.05) is 26.9 Å². The third-order valence-electron chi connectivity index (χ3n) is 3.97. The van der Waals surface area contributed by atoms with Crippen LogP contribution >= 0.6 is 0 Å². The number of ether oxygens (including phenoxy) is 1. The molecule has 0 amide bonds. The first kappa shape index (κ1) is 18.1. The standard InChI is InChI=1S/C17H21N3O5Si/c1-26(2,3)9-8-24-11-20-13-10-12(4-5-14(13)25-17(20)23)19-7-6-15(21)18-16(19)22/h4-7,10H,8-9,11H2,1-3H3,(H,18,21,22). The van der Waals surface area contributed by atoms with E-state index in [9.17, 15) is 14.4 Å². The number of rotatable bonds is 6. The van der Waals surface area contributed by atoms with Crippen molar-refractivity contribution >= 4 is 19.2 Å². The molecule has 0 aliphatic rings. The number of fused-ring (bicyclic) bond motifs is 1. The molecule has 9 heteroatoms. The highest BCUT2D eigenvalue weighted by Gasteiger charge is 2.14. The van der Waals surface area contributed by atoms with Crippen LogP contribution in [0.5, 0.6) is 0 Å². The summed E-state index contributed by atoms with van der Waals surface area (Å²) in [6.45, 7) is 7.42. The minimum absolute atomic E-state index is 0.0836. The van der Waals surface area contributed by atoms with E-state index in [-0.39, 0.29) is 6.73 Å². The number of hydrogen-bond donors (Lipinski definition) is 1. The number of hydrogen-bond acceptors (Lipinski definition) is 5. The third-order valence-corrected chi connectivity index (χ3v) is 5.67. The summed E-state index contributed by atoms with van der Waals surface area (Å²) in [5.74, 6) is -0.515.